The number of amides is 1. The molecule has 3 saturated heterocycles. The second-order valence-corrected chi connectivity index (χ2v) is 6.41. The largest absolute Gasteiger partial charge is 0.335 e. The van der Waals surface area contributed by atoms with Crippen LogP contribution in [0.1, 0.15) is 19.8 Å². The van der Waals surface area contributed by atoms with Crippen molar-refractivity contribution in [2.24, 2.45) is 11.8 Å². The van der Waals surface area contributed by atoms with E-state index in [1.54, 1.807) is 11.8 Å². The van der Waals surface area contributed by atoms with E-state index in [-0.39, 0.29) is 12.4 Å². The molecule has 3 fully saturated rings. The van der Waals surface area contributed by atoms with Crippen LogP contribution in [0.3, 0.4) is 0 Å². The lowest BCUT2D eigenvalue weighted by molar-refractivity contribution is -0.130. The minimum atomic E-state index is 0. The first kappa shape index (κ1) is 13.5. The Morgan fingerprint density at radius 1 is 1.29 bits per heavy atom. The Labute approximate surface area is 113 Å². The van der Waals surface area contributed by atoms with Crippen molar-refractivity contribution in [3.63, 3.8) is 0 Å². The van der Waals surface area contributed by atoms with E-state index in [1.165, 1.54) is 12.8 Å². The van der Waals surface area contributed by atoms with Gasteiger partial charge in [0, 0.05) is 25.2 Å². The van der Waals surface area contributed by atoms with Gasteiger partial charge in [0.1, 0.15) is 0 Å². The predicted molar refractivity (Wildman–Crippen MR) is 73.8 cm³/mol. The van der Waals surface area contributed by atoms with Gasteiger partial charge >= 0.3 is 0 Å². The zero-order chi connectivity index (χ0) is 11.1. The van der Waals surface area contributed by atoms with Gasteiger partial charge in [-0.2, -0.15) is 11.8 Å². The zero-order valence-electron chi connectivity index (χ0n) is 10.2. The number of rotatable bonds is 3. The zero-order valence-corrected chi connectivity index (χ0v) is 11.9. The molecule has 0 saturated carbocycles. The van der Waals surface area contributed by atoms with Gasteiger partial charge in [0.15, 0.2) is 0 Å². The molecule has 3 nitrogen and oxygen atoms in total. The maximum absolute atomic E-state index is 12.2. The minimum absolute atomic E-state index is 0. The number of hydrogen-bond acceptors (Lipinski definition) is 3. The van der Waals surface area contributed by atoms with Crippen LogP contribution < -0.4 is 5.32 Å². The number of carbonyl (C=O) groups excluding carboxylic acids is 1. The van der Waals surface area contributed by atoms with Crippen LogP contribution in [0.5, 0.6) is 0 Å². The van der Waals surface area contributed by atoms with E-state index in [2.05, 4.69) is 17.1 Å². The summed E-state index contributed by atoms with van der Waals surface area (Å²) in [5.74, 6) is 3.65. The summed E-state index contributed by atoms with van der Waals surface area (Å²) in [4.78, 5) is 14.4. The highest BCUT2D eigenvalue weighted by Gasteiger charge is 2.55. The summed E-state index contributed by atoms with van der Waals surface area (Å²) >= 11 is 1.76. The van der Waals surface area contributed by atoms with Gasteiger partial charge in [0.05, 0.1) is 5.75 Å². The molecule has 2 bridgehead atoms. The molecule has 1 N–H and O–H groups in total. The molecule has 98 valence electrons. The lowest BCUT2D eigenvalue weighted by Gasteiger charge is -2.24. The molecule has 1 amide bonds. The molecular formula is C12H21ClN2OS. The van der Waals surface area contributed by atoms with Crippen LogP contribution in [-0.4, -0.2) is 47.5 Å². The summed E-state index contributed by atoms with van der Waals surface area (Å²) in [5.41, 5.74) is 0. The second-order valence-electron chi connectivity index (χ2n) is 5.14. The van der Waals surface area contributed by atoms with Gasteiger partial charge < -0.3 is 10.2 Å². The van der Waals surface area contributed by atoms with E-state index in [9.17, 15) is 4.79 Å². The monoisotopic (exact) mass is 276 g/mol. The summed E-state index contributed by atoms with van der Waals surface area (Å²) < 4.78 is 0. The van der Waals surface area contributed by atoms with Crippen LogP contribution in [0.15, 0.2) is 0 Å². The lowest BCUT2D eigenvalue weighted by Crippen LogP contribution is -2.40. The highest BCUT2D eigenvalue weighted by atomic mass is 35.5. The first-order valence-corrected chi connectivity index (χ1v) is 7.58. The van der Waals surface area contributed by atoms with Gasteiger partial charge in [-0.15, -0.1) is 12.4 Å². The van der Waals surface area contributed by atoms with Crippen LogP contribution in [0, 0.1) is 11.8 Å². The van der Waals surface area contributed by atoms with Gasteiger partial charge in [0.2, 0.25) is 5.91 Å². The van der Waals surface area contributed by atoms with Crippen molar-refractivity contribution >= 4 is 30.1 Å². The molecule has 0 aromatic heterocycles. The topological polar surface area (TPSA) is 32.3 Å². The molecule has 17 heavy (non-hydrogen) atoms. The van der Waals surface area contributed by atoms with E-state index >= 15 is 0 Å². The fourth-order valence-electron chi connectivity index (χ4n) is 3.90. The Kier molecular flexibility index (Phi) is 4.26. The number of thioether (sulfide) groups is 1. The number of carbonyl (C=O) groups is 1. The fourth-order valence-corrected chi connectivity index (χ4v) is 4.43. The third-order valence-corrected chi connectivity index (χ3v) is 5.35. The van der Waals surface area contributed by atoms with E-state index < -0.39 is 0 Å². The molecule has 0 aromatic carbocycles. The summed E-state index contributed by atoms with van der Waals surface area (Å²) in [6, 6.07) is 1.13. The smallest absolute Gasteiger partial charge is 0.233 e. The molecule has 4 atom stereocenters. The van der Waals surface area contributed by atoms with Crippen LogP contribution in [0.2, 0.25) is 0 Å². The normalized spacial score (nSPS) is 38.1. The quantitative estimate of drug-likeness (QED) is 0.845. The van der Waals surface area contributed by atoms with Gasteiger partial charge in [-0.1, -0.05) is 6.92 Å². The van der Waals surface area contributed by atoms with Crippen LogP contribution in [-0.2, 0) is 4.79 Å². The van der Waals surface area contributed by atoms with E-state index in [0.29, 0.717) is 23.7 Å². The third-order valence-electron chi connectivity index (χ3n) is 4.49. The summed E-state index contributed by atoms with van der Waals surface area (Å²) in [5, 5.41) is 3.48. The molecule has 0 unspecified atom stereocenters. The molecule has 3 aliphatic heterocycles. The summed E-state index contributed by atoms with van der Waals surface area (Å²) in [6.07, 6.45) is 2.49. The standard InChI is InChI=1S/C12H20N2OS.ClH/c1-2-16-7-12(15)14-10-3-4-11(14)9-6-13-5-8(9)10;/h8-11,13H,2-7H2,1H3;1H/t8-,9+,10-,11+;. The molecule has 3 aliphatic rings. The maximum Gasteiger partial charge on any atom is 0.233 e. The molecule has 3 heterocycles. The van der Waals surface area contributed by atoms with Gasteiger partial charge in [-0.25, -0.2) is 0 Å². The van der Waals surface area contributed by atoms with Crippen molar-refractivity contribution in [1.29, 1.82) is 0 Å². The average Bonchev–Trinajstić information content (AvgIpc) is 2.95. The minimum Gasteiger partial charge on any atom is -0.335 e. The Hall–Kier alpha value is 0.0700. The van der Waals surface area contributed by atoms with Crippen molar-refractivity contribution < 1.29 is 4.79 Å². The van der Waals surface area contributed by atoms with Crippen molar-refractivity contribution in [1.82, 2.24) is 10.2 Å². The van der Waals surface area contributed by atoms with Crippen molar-refractivity contribution in [3.8, 4) is 0 Å². The number of fused-ring (bicyclic) bond motifs is 5. The van der Waals surface area contributed by atoms with E-state index in [1.807, 2.05) is 0 Å². The Morgan fingerprint density at radius 2 is 1.88 bits per heavy atom. The van der Waals surface area contributed by atoms with Crippen LogP contribution in [0.25, 0.3) is 0 Å². The molecule has 0 radical (unpaired) electrons. The molecule has 0 aliphatic carbocycles. The molecule has 0 aromatic rings. The SMILES string of the molecule is CCSCC(=O)N1[C@@H]2CC[C@H]1[C@H]1CNC[C@H]12.Cl. The molecule has 0 spiro atoms. The van der Waals surface area contributed by atoms with Crippen molar-refractivity contribution in [2.45, 2.75) is 31.8 Å². The molecule has 3 rings (SSSR count). The van der Waals surface area contributed by atoms with Crippen molar-refractivity contribution in [2.75, 3.05) is 24.6 Å². The maximum atomic E-state index is 12.2. The highest BCUT2D eigenvalue weighted by molar-refractivity contribution is 7.99. The molecule has 5 heteroatoms. The first-order chi connectivity index (χ1) is 7.83. The predicted octanol–water partition coefficient (Wildman–Crippen LogP) is 1.37. The first-order valence-electron chi connectivity index (χ1n) is 6.42. The second kappa shape index (κ2) is 5.37. The third kappa shape index (κ3) is 2.08. The van der Waals surface area contributed by atoms with E-state index in [0.717, 1.165) is 30.7 Å². The number of halogens is 1. The highest BCUT2D eigenvalue weighted by Crippen LogP contribution is 2.47. The summed E-state index contributed by atoms with van der Waals surface area (Å²) in [7, 11) is 0. The average molecular weight is 277 g/mol. The van der Waals surface area contributed by atoms with E-state index in [4.69, 9.17) is 0 Å². The Morgan fingerprint density at radius 3 is 2.41 bits per heavy atom. The Bertz CT molecular complexity index is 284. The summed E-state index contributed by atoms with van der Waals surface area (Å²) in [6.45, 7) is 4.39. The Balaban J connectivity index is 0.00000108. The fraction of sp³-hybridized carbons (Fsp3) is 0.917. The van der Waals surface area contributed by atoms with Gasteiger partial charge in [0.25, 0.3) is 0 Å². The van der Waals surface area contributed by atoms with Crippen LogP contribution >= 0.6 is 24.2 Å². The van der Waals surface area contributed by atoms with Crippen molar-refractivity contribution in [3.05, 3.63) is 0 Å². The lowest BCUT2D eigenvalue weighted by atomic mass is 9.82. The number of hydrogen-bond donors (Lipinski definition) is 1. The van der Waals surface area contributed by atoms with Crippen LogP contribution in [0.4, 0.5) is 0 Å². The van der Waals surface area contributed by atoms with Gasteiger partial charge in [-0.3, -0.25) is 4.79 Å². The number of nitrogens with zero attached hydrogens (tertiary/aromatic N) is 1. The number of nitrogens with one attached hydrogen (secondary N) is 1. The van der Waals surface area contributed by atoms with Gasteiger partial charge in [-0.05, 0) is 30.4 Å². The molecular weight excluding hydrogens is 256 g/mol.